The lowest BCUT2D eigenvalue weighted by Crippen LogP contribution is -2.31. The van der Waals surface area contributed by atoms with E-state index in [1.165, 1.54) is 10.4 Å². The number of sulfonamides is 1. The summed E-state index contributed by atoms with van der Waals surface area (Å²) in [4.78, 5) is 0.0941. The first-order valence-corrected chi connectivity index (χ1v) is 8.14. The van der Waals surface area contributed by atoms with E-state index >= 15 is 0 Å². The summed E-state index contributed by atoms with van der Waals surface area (Å²) in [5.41, 5.74) is 1.53. The molecule has 1 heterocycles. The summed E-state index contributed by atoms with van der Waals surface area (Å²) in [6.45, 7) is 5.22. The zero-order valence-corrected chi connectivity index (χ0v) is 13.1. The van der Waals surface area contributed by atoms with Gasteiger partial charge >= 0.3 is 0 Å². The number of hydrogen-bond donors (Lipinski definition) is 1. The highest BCUT2D eigenvalue weighted by molar-refractivity contribution is 7.92. The highest BCUT2D eigenvalue weighted by Crippen LogP contribution is 2.29. The molecule has 21 heavy (non-hydrogen) atoms. The molecule has 1 aromatic carbocycles. The average Bonchev–Trinajstić information content (AvgIpc) is 2.83. The van der Waals surface area contributed by atoms with Gasteiger partial charge in [0.25, 0.3) is 10.0 Å². The van der Waals surface area contributed by atoms with Crippen LogP contribution in [0.15, 0.2) is 39.6 Å². The van der Waals surface area contributed by atoms with Crippen LogP contribution in [0.5, 0.6) is 0 Å². The Hall–Kier alpha value is -1.79. The van der Waals surface area contributed by atoms with E-state index in [0.717, 1.165) is 5.56 Å². The first-order valence-electron chi connectivity index (χ1n) is 6.70. The standard InChI is InChI=1S/C15H19NO4S/c1-4-16(14-8-6-5-7-11(14)2)21(18,19)15-9-13(10-17)20-12(15)3/h5-9,17H,4,10H2,1-3H3. The van der Waals surface area contributed by atoms with Crippen molar-refractivity contribution in [2.24, 2.45) is 0 Å². The molecule has 5 nitrogen and oxygen atoms in total. The summed E-state index contributed by atoms with van der Waals surface area (Å²) < 4.78 is 32.3. The van der Waals surface area contributed by atoms with Crippen molar-refractivity contribution < 1.29 is 17.9 Å². The van der Waals surface area contributed by atoms with E-state index in [4.69, 9.17) is 9.52 Å². The summed E-state index contributed by atoms with van der Waals surface area (Å²) in [6, 6.07) is 8.70. The first-order chi connectivity index (χ1) is 9.91. The molecule has 0 amide bonds. The van der Waals surface area contributed by atoms with Crippen LogP contribution in [0.3, 0.4) is 0 Å². The molecule has 1 N–H and O–H groups in total. The van der Waals surface area contributed by atoms with E-state index in [1.807, 2.05) is 25.1 Å². The minimum atomic E-state index is -3.72. The Balaban J connectivity index is 2.55. The van der Waals surface area contributed by atoms with Crippen LogP contribution in [0.1, 0.15) is 24.0 Å². The SMILES string of the molecule is CCN(c1ccccc1C)S(=O)(=O)c1cc(CO)oc1C. The molecule has 0 radical (unpaired) electrons. The second kappa shape index (κ2) is 5.91. The fourth-order valence-corrected chi connectivity index (χ4v) is 4.02. The fourth-order valence-electron chi connectivity index (χ4n) is 2.29. The molecule has 0 saturated heterocycles. The molecule has 1 aromatic heterocycles. The smallest absolute Gasteiger partial charge is 0.267 e. The van der Waals surface area contributed by atoms with E-state index < -0.39 is 10.0 Å². The average molecular weight is 309 g/mol. The number of hydrogen-bond acceptors (Lipinski definition) is 4. The highest BCUT2D eigenvalue weighted by atomic mass is 32.2. The van der Waals surface area contributed by atoms with E-state index in [-0.39, 0.29) is 23.0 Å². The first kappa shape index (κ1) is 15.6. The highest BCUT2D eigenvalue weighted by Gasteiger charge is 2.28. The maximum Gasteiger partial charge on any atom is 0.267 e. The Bertz CT molecular complexity index is 734. The van der Waals surface area contributed by atoms with Gasteiger partial charge in [-0.1, -0.05) is 18.2 Å². The van der Waals surface area contributed by atoms with Crippen LogP contribution in [0.25, 0.3) is 0 Å². The van der Waals surface area contributed by atoms with Gasteiger partial charge in [-0.3, -0.25) is 4.31 Å². The molecule has 0 fully saturated rings. The number of aryl methyl sites for hydroxylation is 2. The van der Waals surface area contributed by atoms with Gasteiger partial charge in [0.05, 0.1) is 5.69 Å². The number of benzene rings is 1. The minimum Gasteiger partial charge on any atom is -0.462 e. The quantitative estimate of drug-likeness (QED) is 0.921. The van der Waals surface area contributed by atoms with E-state index in [2.05, 4.69) is 0 Å². The van der Waals surface area contributed by atoms with Gasteiger partial charge in [-0.15, -0.1) is 0 Å². The van der Waals surface area contributed by atoms with Crippen molar-refractivity contribution in [3.8, 4) is 0 Å². The molecular formula is C15H19NO4S. The Kier molecular flexibility index (Phi) is 4.39. The number of para-hydroxylation sites is 1. The van der Waals surface area contributed by atoms with Gasteiger partial charge in [0.2, 0.25) is 0 Å². The van der Waals surface area contributed by atoms with Gasteiger partial charge in [0.15, 0.2) is 0 Å². The van der Waals surface area contributed by atoms with Crippen molar-refractivity contribution >= 4 is 15.7 Å². The molecule has 0 spiro atoms. The van der Waals surface area contributed by atoms with Crippen LogP contribution < -0.4 is 4.31 Å². The molecule has 2 aromatic rings. The fraction of sp³-hybridized carbons (Fsp3) is 0.333. The molecule has 0 aliphatic carbocycles. The molecule has 0 saturated carbocycles. The van der Waals surface area contributed by atoms with Gasteiger partial charge in [-0.05, 0) is 32.4 Å². The summed E-state index contributed by atoms with van der Waals surface area (Å²) in [6.07, 6.45) is 0. The molecule has 0 atom stereocenters. The number of rotatable bonds is 5. The lowest BCUT2D eigenvalue weighted by atomic mass is 10.2. The summed E-state index contributed by atoms with van der Waals surface area (Å²) in [7, 11) is -3.72. The Labute approximate surface area is 124 Å². The summed E-state index contributed by atoms with van der Waals surface area (Å²) in [5.74, 6) is 0.526. The number of nitrogens with zero attached hydrogens (tertiary/aromatic N) is 1. The van der Waals surface area contributed by atoms with E-state index in [9.17, 15) is 8.42 Å². The number of aliphatic hydroxyl groups excluding tert-OH is 1. The monoisotopic (exact) mass is 309 g/mol. The van der Waals surface area contributed by atoms with Crippen LogP contribution in [-0.2, 0) is 16.6 Å². The normalized spacial score (nSPS) is 11.6. The Morgan fingerprint density at radius 3 is 2.43 bits per heavy atom. The third kappa shape index (κ3) is 2.82. The predicted molar refractivity (Wildman–Crippen MR) is 80.8 cm³/mol. The maximum absolute atomic E-state index is 12.9. The van der Waals surface area contributed by atoms with Crippen LogP contribution in [0.2, 0.25) is 0 Å². The van der Waals surface area contributed by atoms with E-state index in [0.29, 0.717) is 12.2 Å². The number of furan rings is 1. The summed E-state index contributed by atoms with van der Waals surface area (Å²) >= 11 is 0. The third-order valence-corrected chi connectivity index (χ3v) is 5.31. The third-order valence-electron chi connectivity index (χ3n) is 3.32. The minimum absolute atomic E-state index is 0.0941. The zero-order valence-electron chi connectivity index (χ0n) is 12.3. The van der Waals surface area contributed by atoms with Crippen molar-refractivity contribution in [2.75, 3.05) is 10.8 Å². The van der Waals surface area contributed by atoms with Gasteiger partial charge in [0.1, 0.15) is 23.0 Å². The number of anilines is 1. The molecule has 114 valence electrons. The van der Waals surface area contributed by atoms with Crippen molar-refractivity contribution in [1.82, 2.24) is 0 Å². The van der Waals surface area contributed by atoms with Crippen LogP contribution >= 0.6 is 0 Å². The Morgan fingerprint density at radius 2 is 1.90 bits per heavy atom. The van der Waals surface area contributed by atoms with Gasteiger partial charge in [-0.2, -0.15) is 0 Å². The second-order valence-corrected chi connectivity index (χ2v) is 6.58. The van der Waals surface area contributed by atoms with Crippen LogP contribution in [0.4, 0.5) is 5.69 Å². The van der Waals surface area contributed by atoms with Crippen LogP contribution in [-0.4, -0.2) is 20.1 Å². The van der Waals surface area contributed by atoms with Crippen molar-refractivity contribution in [3.63, 3.8) is 0 Å². The molecule has 0 unspecified atom stereocenters. The lowest BCUT2D eigenvalue weighted by molar-refractivity contribution is 0.244. The maximum atomic E-state index is 12.9. The predicted octanol–water partition coefficient (Wildman–Crippen LogP) is 2.60. The molecule has 2 rings (SSSR count). The van der Waals surface area contributed by atoms with Crippen molar-refractivity contribution in [2.45, 2.75) is 32.3 Å². The molecule has 0 bridgehead atoms. The molecule has 0 aliphatic heterocycles. The summed E-state index contributed by atoms with van der Waals surface area (Å²) in [5, 5.41) is 9.10. The van der Waals surface area contributed by atoms with Gasteiger partial charge in [0, 0.05) is 12.6 Å². The molecule has 0 aliphatic rings. The topological polar surface area (TPSA) is 70.8 Å². The Morgan fingerprint density at radius 1 is 1.24 bits per heavy atom. The van der Waals surface area contributed by atoms with Gasteiger partial charge < -0.3 is 9.52 Å². The largest absolute Gasteiger partial charge is 0.462 e. The van der Waals surface area contributed by atoms with Crippen molar-refractivity contribution in [1.29, 1.82) is 0 Å². The van der Waals surface area contributed by atoms with Gasteiger partial charge in [-0.25, -0.2) is 8.42 Å². The number of aliphatic hydroxyl groups is 1. The molecule has 6 heteroatoms. The lowest BCUT2D eigenvalue weighted by Gasteiger charge is -2.24. The van der Waals surface area contributed by atoms with E-state index in [1.54, 1.807) is 19.9 Å². The second-order valence-electron chi connectivity index (χ2n) is 4.75. The zero-order chi connectivity index (χ0) is 15.6. The molecular weight excluding hydrogens is 290 g/mol. The van der Waals surface area contributed by atoms with Crippen molar-refractivity contribution in [3.05, 3.63) is 47.4 Å². The van der Waals surface area contributed by atoms with Crippen LogP contribution in [0, 0.1) is 13.8 Å².